The van der Waals surface area contributed by atoms with Gasteiger partial charge in [-0.1, -0.05) is 45.4 Å². The number of aliphatic hydroxyl groups is 2. The summed E-state index contributed by atoms with van der Waals surface area (Å²) in [6.45, 7) is 12.7. The van der Waals surface area contributed by atoms with Crippen molar-refractivity contribution in [1.29, 1.82) is 0 Å². The van der Waals surface area contributed by atoms with Crippen molar-refractivity contribution in [2.24, 2.45) is 23.2 Å². The summed E-state index contributed by atoms with van der Waals surface area (Å²) in [4.78, 5) is 11.8. The molecule has 2 fully saturated rings. The fraction of sp³-hybridized carbons (Fsp3) is 0.741. The molecule has 5 atom stereocenters. The van der Waals surface area contributed by atoms with Gasteiger partial charge in [0.2, 0.25) is 0 Å². The molecule has 0 bridgehead atoms. The first-order valence-corrected chi connectivity index (χ1v) is 12.0. The second-order valence-electron chi connectivity index (χ2n) is 11.3. The number of hydrogen-bond donors (Lipinski definition) is 2. The van der Waals surface area contributed by atoms with Gasteiger partial charge >= 0.3 is 0 Å². The van der Waals surface area contributed by atoms with E-state index in [9.17, 15) is 15.0 Å². The van der Waals surface area contributed by atoms with Crippen LogP contribution in [0.5, 0.6) is 0 Å². The normalized spacial score (nSPS) is 36.1. The molecule has 0 aliphatic heterocycles. The summed E-state index contributed by atoms with van der Waals surface area (Å²) in [5, 5.41) is 21.7. The number of allylic oxidation sites excluding steroid dienone is 4. The predicted octanol–water partition coefficient (Wildman–Crippen LogP) is 5.91. The summed E-state index contributed by atoms with van der Waals surface area (Å²) < 4.78 is 0. The average Bonchev–Trinajstić information content (AvgIpc) is 3.00. The van der Waals surface area contributed by atoms with Gasteiger partial charge in [-0.25, -0.2) is 0 Å². The first-order valence-electron chi connectivity index (χ1n) is 12.0. The first-order chi connectivity index (χ1) is 13.9. The molecule has 3 heteroatoms. The molecule has 0 aromatic heterocycles. The van der Waals surface area contributed by atoms with Gasteiger partial charge in [0.05, 0.1) is 11.2 Å². The van der Waals surface area contributed by atoms with Crippen molar-refractivity contribution in [2.75, 3.05) is 0 Å². The van der Waals surface area contributed by atoms with E-state index in [2.05, 4.69) is 20.4 Å². The molecule has 3 rings (SSSR count). The quantitative estimate of drug-likeness (QED) is 0.544. The summed E-state index contributed by atoms with van der Waals surface area (Å²) in [5.74, 6) is 1.65. The summed E-state index contributed by atoms with van der Waals surface area (Å²) in [6.07, 6.45) is 15.2. The van der Waals surface area contributed by atoms with Crippen LogP contribution in [0.1, 0.15) is 91.9 Å². The molecule has 2 saturated carbocycles. The molecule has 168 valence electrons. The molecule has 3 aliphatic carbocycles. The topological polar surface area (TPSA) is 57.5 Å². The largest absolute Gasteiger partial charge is 0.390 e. The monoisotopic (exact) mass is 414 g/mol. The molecule has 0 aromatic carbocycles. The lowest BCUT2D eigenvalue weighted by Crippen LogP contribution is -2.49. The maximum Gasteiger partial charge on any atom is 0.156 e. The highest BCUT2D eigenvalue weighted by molar-refractivity contribution is 5.93. The highest BCUT2D eigenvalue weighted by atomic mass is 16.3. The van der Waals surface area contributed by atoms with Crippen LogP contribution >= 0.6 is 0 Å². The molecule has 0 amide bonds. The third kappa shape index (κ3) is 4.99. The third-order valence-electron chi connectivity index (χ3n) is 8.39. The van der Waals surface area contributed by atoms with Crippen molar-refractivity contribution >= 4 is 5.78 Å². The van der Waals surface area contributed by atoms with Crippen LogP contribution in [0.15, 0.2) is 36.0 Å². The van der Waals surface area contributed by atoms with Gasteiger partial charge < -0.3 is 10.2 Å². The van der Waals surface area contributed by atoms with Crippen LogP contribution in [0.4, 0.5) is 0 Å². The highest BCUT2D eigenvalue weighted by Gasteiger charge is 2.57. The molecule has 2 N–H and O–H groups in total. The molecule has 0 aromatic rings. The minimum Gasteiger partial charge on any atom is -0.390 e. The maximum atomic E-state index is 11.8. The lowest BCUT2D eigenvalue weighted by Gasteiger charge is -2.50. The second-order valence-corrected chi connectivity index (χ2v) is 11.3. The Bertz CT molecular complexity index is 725. The van der Waals surface area contributed by atoms with Gasteiger partial charge in [0, 0.05) is 6.42 Å². The van der Waals surface area contributed by atoms with Crippen LogP contribution in [-0.2, 0) is 4.79 Å². The van der Waals surface area contributed by atoms with E-state index < -0.39 is 11.2 Å². The second kappa shape index (κ2) is 8.74. The van der Waals surface area contributed by atoms with Crippen molar-refractivity contribution in [2.45, 2.75) is 103 Å². The lowest BCUT2D eigenvalue weighted by molar-refractivity contribution is -0.114. The van der Waals surface area contributed by atoms with Crippen molar-refractivity contribution in [1.82, 2.24) is 0 Å². The van der Waals surface area contributed by atoms with E-state index in [1.54, 1.807) is 6.08 Å². The lowest BCUT2D eigenvalue weighted by atomic mass is 9.57. The molecule has 0 saturated heterocycles. The first kappa shape index (κ1) is 23.5. The van der Waals surface area contributed by atoms with Crippen LogP contribution in [0.3, 0.4) is 0 Å². The van der Waals surface area contributed by atoms with Gasteiger partial charge in [0.15, 0.2) is 5.78 Å². The van der Waals surface area contributed by atoms with Crippen molar-refractivity contribution < 1.29 is 15.0 Å². The molecule has 0 spiro atoms. The maximum absolute atomic E-state index is 11.8. The van der Waals surface area contributed by atoms with Gasteiger partial charge in [-0.15, -0.1) is 0 Å². The van der Waals surface area contributed by atoms with Crippen LogP contribution in [0.25, 0.3) is 0 Å². The van der Waals surface area contributed by atoms with Gasteiger partial charge in [-0.05, 0) is 99.2 Å². The van der Waals surface area contributed by atoms with Crippen molar-refractivity contribution in [3.05, 3.63) is 36.0 Å². The summed E-state index contributed by atoms with van der Waals surface area (Å²) in [6, 6.07) is 0. The minimum atomic E-state index is -0.795. The Balaban J connectivity index is 1.72. The van der Waals surface area contributed by atoms with Gasteiger partial charge in [-0.2, -0.15) is 0 Å². The molecule has 0 radical (unpaired) electrons. The van der Waals surface area contributed by atoms with E-state index in [4.69, 9.17) is 0 Å². The van der Waals surface area contributed by atoms with E-state index in [0.29, 0.717) is 18.3 Å². The van der Waals surface area contributed by atoms with Crippen LogP contribution in [-0.4, -0.2) is 27.2 Å². The number of rotatable bonds is 7. The number of carbonyl (C=O) groups is 1. The number of ketones is 1. The van der Waals surface area contributed by atoms with E-state index in [-0.39, 0.29) is 17.1 Å². The third-order valence-corrected chi connectivity index (χ3v) is 8.39. The Hall–Kier alpha value is -1.19. The van der Waals surface area contributed by atoms with Gasteiger partial charge in [-0.3, -0.25) is 4.79 Å². The summed E-state index contributed by atoms with van der Waals surface area (Å²) >= 11 is 0. The van der Waals surface area contributed by atoms with E-state index in [1.165, 1.54) is 12.8 Å². The SMILES string of the molecule is C=C1CCC(=O)C=C1/C=C\[C@@]1(O)CCC[C@]2(C)[C@@H]([C@H](C)CCCC(C)(C)O)CC[C@H]21. The zero-order valence-electron chi connectivity index (χ0n) is 19.5. The predicted molar refractivity (Wildman–Crippen MR) is 123 cm³/mol. The van der Waals surface area contributed by atoms with Crippen molar-refractivity contribution in [3.63, 3.8) is 0 Å². The standard InChI is InChI=1S/C27H42O3/c1-19-9-10-22(28)18-21(19)13-17-27(30)16-7-15-26(5)23(11-12-24(26)27)20(2)8-6-14-25(3,4)29/h13,17-18,20,23-24,29-30H,1,6-12,14-16H2,2-5H3/b17-13-/t20-,23-,24-,26-,27+/m1/s1. The van der Waals surface area contributed by atoms with E-state index >= 15 is 0 Å². The fourth-order valence-electron chi connectivity index (χ4n) is 6.73. The minimum absolute atomic E-state index is 0.152. The van der Waals surface area contributed by atoms with Crippen LogP contribution in [0.2, 0.25) is 0 Å². The van der Waals surface area contributed by atoms with Crippen LogP contribution < -0.4 is 0 Å². The zero-order valence-corrected chi connectivity index (χ0v) is 19.5. The van der Waals surface area contributed by atoms with E-state index in [1.807, 2.05) is 26.0 Å². The van der Waals surface area contributed by atoms with Crippen molar-refractivity contribution in [3.8, 4) is 0 Å². The van der Waals surface area contributed by atoms with E-state index in [0.717, 1.165) is 56.1 Å². The molecule has 0 unspecified atom stereocenters. The Morgan fingerprint density at radius 1 is 1.30 bits per heavy atom. The molecule has 3 nitrogen and oxygen atoms in total. The summed E-state index contributed by atoms with van der Waals surface area (Å²) in [7, 11) is 0. The number of carbonyl (C=O) groups excluding carboxylic acids is 1. The number of fused-ring (bicyclic) bond motifs is 1. The number of hydrogen-bond acceptors (Lipinski definition) is 3. The Kier molecular flexibility index (Phi) is 6.84. The molecular formula is C27H42O3. The molecular weight excluding hydrogens is 372 g/mol. The van der Waals surface area contributed by atoms with Gasteiger partial charge in [0.1, 0.15) is 0 Å². The molecule has 30 heavy (non-hydrogen) atoms. The smallest absolute Gasteiger partial charge is 0.156 e. The fourth-order valence-corrected chi connectivity index (χ4v) is 6.73. The molecule has 0 heterocycles. The Morgan fingerprint density at radius 2 is 2.03 bits per heavy atom. The Labute approximate surface area is 183 Å². The van der Waals surface area contributed by atoms with Crippen LogP contribution in [0, 0.1) is 23.2 Å². The average molecular weight is 415 g/mol. The zero-order chi connectivity index (χ0) is 22.2. The van der Waals surface area contributed by atoms with Gasteiger partial charge in [0.25, 0.3) is 0 Å². The Morgan fingerprint density at radius 3 is 2.73 bits per heavy atom. The highest BCUT2D eigenvalue weighted by Crippen LogP contribution is 2.61. The molecule has 3 aliphatic rings. The summed E-state index contributed by atoms with van der Waals surface area (Å²) in [5.41, 5.74) is 0.658.